The molecule has 0 saturated carbocycles. The number of hydrogen-bond acceptors (Lipinski definition) is 3. The van der Waals surface area contributed by atoms with Crippen molar-refractivity contribution < 1.29 is 23.1 Å². The first-order valence-corrected chi connectivity index (χ1v) is 6.02. The number of carbonyl (C=O) groups is 1. The number of anilines is 1. The molecule has 100 valence electrons. The summed E-state index contributed by atoms with van der Waals surface area (Å²) in [7, 11) is 0. The quantitative estimate of drug-likeness (QED) is 0.656. The molecule has 1 unspecified atom stereocenters. The Morgan fingerprint density at radius 3 is 2.56 bits per heavy atom. The van der Waals surface area contributed by atoms with Gasteiger partial charge in [-0.2, -0.15) is 13.2 Å². The number of hydrogen-bond donors (Lipinski definition) is 2. The maximum atomic E-state index is 12.4. The number of carboxylic acid groups (broad SMARTS) is 1. The number of aliphatic carboxylic acids is 1. The minimum atomic E-state index is -4.42. The molecule has 1 atom stereocenters. The van der Waals surface area contributed by atoms with Crippen molar-refractivity contribution in [2.24, 2.45) is 5.92 Å². The zero-order valence-electron chi connectivity index (χ0n) is 9.49. The molecule has 0 radical (unpaired) electrons. The number of benzene rings is 1. The lowest BCUT2D eigenvalue weighted by atomic mass is 10.2. The van der Waals surface area contributed by atoms with Gasteiger partial charge in [0.2, 0.25) is 0 Å². The smallest absolute Gasteiger partial charge is 0.416 e. The van der Waals surface area contributed by atoms with Crippen LogP contribution in [0.2, 0.25) is 0 Å². The first-order chi connectivity index (χ1) is 8.21. The predicted octanol–water partition coefficient (Wildman–Crippen LogP) is 3.10. The van der Waals surface area contributed by atoms with Crippen molar-refractivity contribution in [1.29, 1.82) is 0 Å². The van der Waals surface area contributed by atoms with Gasteiger partial charge in [0, 0.05) is 16.3 Å². The minimum absolute atomic E-state index is 0.00686. The molecule has 1 aromatic rings. The van der Waals surface area contributed by atoms with E-state index in [9.17, 15) is 18.0 Å². The average Bonchev–Trinajstić information content (AvgIpc) is 2.25. The lowest BCUT2D eigenvalue weighted by molar-refractivity contribution is -0.140. The van der Waals surface area contributed by atoms with Crippen LogP contribution in [0.1, 0.15) is 12.5 Å². The zero-order valence-corrected chi connectivity index (χ0v) is 10.3. The Morgan fingerprint density at radius 1 is 1.50 bits per heavy atom. The van der Waals surface area contributed by atoms with Crippen molar-refractivity contribution in [2.75, 3.05) is 11.5 Å². The Hall–Kier alpha value is -1.37. The van der Waals surface area contributed by atoms with E-state index in [0.717, 1.165) is 23.9 Å². The summed E-state index contributed by atoms with van der Waals surface area (Å²) in [5.74, 6) is -1.28. The van der Waals surface area contributed by atoms with E-state index in [0.29, 0.717) is 4.90 Å². The molecule has 0 saturated heterocycles. The molecule has 1 aromatic carbocycles. The topological polar surface area (TPSA) is 63.3 Å². The summed E-state index contributed by atoms with van der Waals surface area (Å²) in [6.07, 6.45) is -4.42. The fraction of sp³-hybridized carbons (Fsp3) is 0.364. The highest BCUT2D eigenvalue weighted by molar-refractivity contribution is 7.99. The van der Waals surface area contributed by atoms with Gasteiger partial charge in [-0.05, 0) is 18.2 Å². The molecule has 18 heavy (non-hydrogen) atoms. The van der Waals surface area contributed by atoms with Crippen LogP contribution in [0, 0.1) is 5.92 Å². The number of thioether (sulfide) groups is 1. The highest BCUT2D eigenvalue weighted by Gasteiger charge is 2.30. The first-order valence-electron chi connectivity index (χ1n) is 5.04. The van der Waals surface area contributed by atoms with Crippen molar-refractivity contribution in [1.82, 2.24) is 0 Å². The van der Waals surface area contributed by atoms with Crippen molar-refractivity contribution >= 4 is 23.4 Å². The number of carboxylic acids is 1. The van der Waals surface area contributed by atoms with Crippen molar-refractivity contribution in [2.45, 2.75) is 18.0 Å². The maximum absolute atomic E-state index is 12.4. The van der Waals surface area contributed by atoms with Crippen LogP contribution in [0.15, 0.2) is 23.1 Å². The molecule has 0 amide bonds. The molecule has 7 heteroatoms. The molecule has 3 N–H and O–H groups in total. The maximum Gasteiger partial charge on any atom is 0.416 e. The zero-order chi connectivity index (χ0) is 13.9. The molecule has 0 aromatic heterocycles. The number of halogens is 3. The molecule has 0 bridgehead atoms. The third-order valence-electron chi connectivity index (χ3n) is 2.25. The van der Waals surface area contributed by atoms with Crippen LogP contribution >= 0.6 is 11.8 Å². The summed E-state index contributed by atoms with van der Waals surface area (Å²) >= 11 is 1.13. The molecule has 0 spiro atoms. The van der Waals surface area contributed by atoms with Crippen LogP contribution in [0.4, 0.5) is 18.9 Å². The number of alkyl halides is 3. The Labute approximate surface area is 106 Å². The van der Waals surface area contributed by atoms with Crippen LogP contribution in [-0.2, 0) is 11.0 Å². The Morgan fingerprint density at radius 2 is 2.11 bits per heavy atom. The summed E-state index contributed by atoms with van der Waals surface area (Å²) in [5.41, 5.74) is 4.71. The Bertz CT molecular complexity index is 448. The summed E-state index contributed by atoms with van der Waals surface area (Å²) in [6.45, 7) is 1.52. The second-order valence-corrected chi connectivity index (χ2v) is 4.86. The van der Waals surface area contributed by atoms with Crippen molar-refractivity contribution in [3.05, 3.63) is 23.8 Å². The molecule has 0 heterocycles. The molecule has 3 nitrogen and oxygen atoms in total. The predicted molar refractivity (Wildman–Crippen MR) is 63.4 cm³/mol. The monoisotopic (exact) mass is 279 g/mol. The SMILES string of the molecule is CC(CSc1ccc(C(F)(F)F)cc1N)C(=O)O. The van der Waals surface area contributed by atoms with Crippen molar-refractivity contribution in [3.63, 3.8) is 0 Å². The van der Waals surface area contributed by atoms with E-state index in [1.54, 1.807) is 0 Å². The van der Waals surface area contributed by atoms with Crippen LogP contribution in [-0.4, -0.2) is 16.8 Å². The second kappa shape index (κ2) is 5.51. The van der Waals surface area contributed by atoms with E-state index >= 15 is 0 Å². The fourth-order valence-corrected chi connectivity index (χ4v) is 2.10. The largest absolute Gasteiger partial charge is 0.481 e. The summed E-state index contributed by atoms with van der Waals surface area (Å²) in [4.78, 5) is 11.1. The van der Waals surface area contributed by atoms with Gasteiger partial charge in [-0.15, -0.1) is 11.8 Å². The van der Waals surface area contributed by atoms with Gasteiger partial charge in [0.15, 0.2) is 0 Å². The van der Waals surface area contributed by atoms with Gasteiger partial charge in [0.25, 0.3) is 0 Å². The van der Waals surface area contributed by atoms with E-state index in [1.807, 2.05) is 0 Å². The highest BCUT2D eigenvalue weighted by atomic mass is 32.2. The summed E-state index contributed by atoms with van der Waals surface area (Å²) < 4.78 is 37.1. The third-order valence-corrected chi connectivity index (χ3v) is 3.60. The fourth-order valence-electron chi connectivity index (χ4n) is 1.14. The van der Waals surface area contributed by atoms with Gasteiger partial charge in [0.1, 0.15) is 0 Å². The standard InChI is InChI=1S/C11H12F3NO2S/c1-6(10(16)17)5-18-9-3-2-7(4-8(9)15)11(12,13)14/h2-4,6H,5,15H2,1H3,(H,16,17). The van der Waals surface area contributed by atoms with Gasteiger partial charge in [0.05, 0.1) is 11.5 Å². The second-order valence-electron chi connectivity index (χ2n) is 3.80. The van der Waals surface area contributed by atoms with E-state index in [1.165, 1.54) is 13.0 Å². The number of rotatable bonds is 4. The normalized spacial score (nSPS) is 13.3. The van der Waals surface area contributed by atoms with E-state index in [2.05, 4.69) is 0 Å². The van der Waals surface area contributed by atoms with Gasteiger partial charge in [-0.25, -0.2) is 0 Å². The van der Waals surface area contributed by atoms with Gasteiger partial charge in [-0.3, -0.25) is 4.79 Å². The average molecular weight is 279 g/mol. The van der Waals surface area contributed by atoms with Crippen LogP contribution in [0.25, 0.3) is 0 Å². The van der Waals surface area contributed by atoms with Gasteiger partial charge in [-0.1, -0.05) is 6.92 Å². The minimum Gasteiger partial charge on any atom is -0.481 e. The molecule has 1 rings (SSSR count). The summed E-state index contributed by atoms with van der Waals surface area (Å²) in [5, 5.41) is 8.69. The van der Waals surface area contributed by atoms with Crippen LogP contribution in [0.3, 0.4) is 0 Å². The number of nitrogen functional groups attached to an aromatic ring is 1. The molecular formula is C11H12F3NO2S. The Balaban J connectivity index is 2.78. The lowest BCUT2D eigenvalue weighted by Gasteiger charge is -2.11. The lowest BCUT2D eigenvalue weighted by Crippen LogP contribution is -2.12. The van der Waals surface area contributed by atoms with Gasteiger partial charge < -0.3 is 10.8 Å². The van der Waals surface area contributed by atoms with E-state index < -0.39 is 23.6 Å². The van der Waals surface area contributed by atoms with E-state index in [4.69, 9.17) is 10.8 Å². The molecule has 0 fully saturated rings. The van der Waals surface area contributed by atoms with Crippen molar-refractivity contribution in [3.8, 4) is 0 Å². The first kappa shape index (κ1) is 14.7. The molecule has 0 aliphatic carbocycles. The van der Waals surface area contributed by atoms with Crippen LogP contribution in [0.5, 0.6) is 0 Å². The molecule has 0 aliphatic heterocycles. The third kappa shape index (κ3) is 3.83. The Kier molecular flexibility index (Phi) is 4.50. The van der Waals surface area contributed by atoms with E-state index in [-0.39, 0.29) is 11.4 Å². The number of nitrogens with two attached hydrogens (primary N) is 1. The highest BCUT2D eigenvalue weighted by Crippen LogP contribution is 2.34. The van der Waals surface area contributed by atoms with Gasteiger partial charge >= 0.3 is 12.1 Å². The summed E-state index contributed by atoms with van der Waals surface area (Å²) in [6, 6.07) is 3.05. The molecular weight excluding hydrogens is 267 g/mol. The molecule has 0 aliphatic rings. The van der Waals surface area contributed by atoms with Crippen LogP contribution < -0.4 is 5.73 Å².